The molecule has 2 rings (SSSR count). The van der Waals surface area contributed by atoms with Crippen molar-refractivity contribution in [3.05, 3.63) is 0 Å². The highest BCUT2D eigenvalue weighted by Crippen LogP contribution is 2.33. The summed E-state index contributed by atoms with van der Waals surface area (Å²) in [6, 6.07) is 0. The number of hydrogen-bond donors (Lipinski definition) is 2. The maximum Gasteiger partial charge on any atom is 0.243 e. The Morgan fingerprint density at radius 3 is 2.41 bits per heavy atom. The normalized spacial score (nSPS) is 20.5. The molecule has 2 N–H and O–H groups in total. The maximum absolute atomic E-state index is 11.9. The van der Waals surface area contributed by atoms with Crippen LogP contribution in [0.5, 0.6) is 0 Å². The number of nitrogens with one attached hydrogen (secondary N) is 2. The molecule has 0 spiro atoms. The van der Waals surface area contributed by atoms with Crippen molar-refractivity contribution < 1.29 is 9.53 Å². The van der Waals surface area contributed by atoms with Gasteiger partial charge in [0.05, 0.1) is 13.2 Å². The lowest BCUT2D eigenvalue weighted by molar-refractivity contribution is -0.127. The number of guanidine groups is 1. The van der Waals surface area contributed by atoms with Gasteiger partial charge >= 0.3 is 0 Å². The Bertz CT molecular complexity index is 461. The van der Waals surface area contributed by atoms with Gasteiger partial charge < -0.3 is 20.3 Å². The van der Waals surface area contributed by atoms with Crippen LogP contribution in [0, 0.1) is 0 Å². The number of carbonyl (C=O) groups excluding carboxylic acids is 1. The fourth-order valence-electron chi connectivity index (χ4n) is 3.81. The molecule has 1 heterocycles. The van der Waals surface area contributed by atoms with Gasteiger partial charge in [0, 0.05) is 45.8 Å². The summed E-state index contributed by atoms with van der Waals surface area (Å²) in [4.78, 5) is 20.6. The largest absolute Gasteiger partial charge is 0.379 e. The Labute approximate surface area is 181 Å². The first-order chi connectivity index (χ1) is 12.6. The first kappa shape index (κ1) is 24.4. The molecule has 0 radical (unpaired) electrons. The minimum Gasteiger partial charge on any atom is -0.379 e. The van der Waals surface area contributed by atoms with E-state index in [1.807, 2.05) is 0 Å². The molecule has 0 atom stereocenters. The van der Waals surface area contributed by atoms with Crippen molar-refractivity contribution in [2.24, 2.45) is 4.99 Å². The van der Waals surface area contributed by atoms with Crippen molar-refractivity contribution in [1.29, 1.82) is 0 Å². The molecule has 0 aromatic rings. The predicted molar refractivity (Wildman–Crippen MR) is 121 cm³/mol. The molecule has 7 nitrogen and oxygen atoms in total. The number of hydrogen-bond acceptors (Lipinski definition) is 4. The summed E-state index contributed by atoms with van der Waals surface area (Å²) in [5, 5.41) is 6.89. The monoisotopic (exact) mass is 495 g/mol. The van der Waals surface area contributed by atoms with Crippen LogP contribution in [-0.4, -0.2) is 87.2 Å². The van der Waals surface area contributed by atoms with Crippen molar-refractivity contribution >= 4 is 35.8 Å². The molecule has 0 aromatic carbocycles. The van der Waals surface area contributed by atoms with Gasteiger partial charge in [-0.3, -0.25) is 9.69 Å². The van der Waals surface area contributed by atoms with Gasteiger partial charge in [0.25, 0.3) is 0 Å². The highest BCUT2D eigenvalue weighted by atomic mass is 127. The molecule has 0 bridgehead atoms. The third kappa shape index (κ3) is 7.73. The smallest absolute Gasteiger partial charge is 0.243 e. The lowest BCUT2D eigenvalue weighted by atomic mass is 9.80. The van der Waals surface area contributed by atoms with E-state index in [9.17, 15) is 4.79 Å². The molecule has 2 aliphatic rings. The molecule has 1 aliphatic heterocycles. The fourth-order valence-corrected chi connectivity index (χ4v) is 3.81. The highest BCUT2D eigenvalue weighted by Gasteiger charge is 2.38. The maximum atomic E-state index is 11.9. The highest BCUT2D eigenvalue weighted by molar-refractivity contribution is 14.0. The number of nitrogens with zero attached hydrogens (tertiary/aromatic N) is 3. The van der Waals surface area contributed by atoms with Crippen molar-refractivity contribution in [2.75, 3.05) is 60.0 Å². The van der Waals surface area contributed by atoms with Crippen LogP contribution in [0.4, 0.5) is 0 Å². The van der Waals surface area contributed by atoms with Gasteiger partial charge in [0.1, 0.15) is 6.54 Å². The first-order valence-corrected chi connectivity index (χ1v) is 10.1. The summed E-state index contributed by atoms with van der Waals surface area (Å²) in [5.41, 5.74) is 0.183. The lowest BCUT2D eigenvalue weighted by Gasteiger charge is -2.48. The fraction of sp³-hybridized carbons (Fsp3) is 0.895. The third-order valence-electron chi connectivity index (χ3n) is 5.46. The Morgan fingerprint density at radius 1 is 1.15 bits per heavy atom. The quantitative estimate of drug-likeness (QED) is 0.320. The summed E-state index contributed by atoms with van der Waals surface area (Å²) in [6.07, 6.45) is 7.37. The number of likely N-dealkylation sites (N-methyl/N-ethyl adjacent to an activating group) is 1. The Balaban J connectivity index is 0.00000364. The van der Waals surface area contributed by atoms with Crippen molar-refractivity contribution in [2.45, 2.75) is 51.0 Å². The first-order valence-electron chi connectivity index (χ1n) is 10.1. The Kier molecular flexibility index (Phi) is 11.6. The van der Waals surface area contributed by atoms with Gasteiger partial charge in [-0.2, -0.15) is 0 Å². The van der Waals surface area contributed by atoms with Crippen molar-refractivity contribution in [1.82, 2.24) is 20.4 Å². The third-order valence-corrected chi connectivity index (χ3v) is 5.46. The average Bonchev–Trinajstić information content (AvgIpc) is 2.68. The molecule has 2 fully saturated rings. The van der Waals surface area contributed by atoms with Crippen LogP contribution in [-0.2, 0) is 9.53 Å². The van der Waals surface area contributed by atoms with Crippen LogP contribution < -0.4 is 10.6 Å². The molecule has 1 aliphatic carbocycles. The summed E-state index contributed by atoms with van der Waals surface area (Å²) in [5.74, 6) is 0.767. The zero-order valence-corrected chi connectivity index (χ0v) is 19.6. The molecule has 1 saturated carbocycles. The van der Waals surface area contributed by atoms with E-state index in [0.29, 0.717) is 0 Å². The van der Waals surface area contributed by atoms with Crippen LogP contribution in [0.3, 0.4) is 0 Å². The van der Waals surface area contributed by atoms with Crippen LogP contribution in [0.25, 0.3) is 0 Å². The topological polar surface area (TPSA) is 69.2 Å². The van der Waals surface area contributed by atoms with E-state index in [0.717, 1.165) is 51.8 Å². The molecule has 27 heavy (non-hydrogen) atoms. The molecule has 1 saturated heterocycles. The number of aliphatic imine (C=N–C) groups is 1. The van der Waals surface area contributed by atoms with E-state index in [1.54, 1.807) is 19.0 Å². The average molecular weight is 495 g/mol. The van der Waals surface area contributed by atoms with Crippen LogP contribution in [0.15, 0.2) is 4.99 Å². The molecule has 1 amide bonds. The van der Waals surface area contributed by atoms with Gasteiger partial charge in [-0.1, -0.05) is 26.2 Å². The zero-order chi connectivity index (χ0) is 18.8. The van der Waals surface area contributed by atoms with Crippen molar-refractivity contribution in [3.63, 3.8) is 0 Å². The molecule has 8 heteroatoms. The lowest BCUT2D eigenvalue weighted by Crippen LogP contribution is -2.60. The van der Waals surface area contributed by atoms with E-state index in [4.69, 9.17) is 4.74 Å². The predicted octanol–water partition coefficient (Wildman–Crippen LogP) is 1.67. The summed E-state index contributed by atoms with van der Waals surface area (Å²) in [6.45, 7) is 7.71. The van der Waals surface area contributed by atoms with Crippen LogP contribution in [0.2, 0.25) is 0 Å². The molecule has 0 unspecified atom stereocenters. The number of ether oxygens (including phenoxy) is 1. The second-order valence-electron chi connectivity index (χ2n) is 7.62. The van der Waals surface area contributed by atoms with E-state index >= 15 is 0 Å². The summed E-state index contributed by atoms with van der Waals surface area (Å²) in [7, 11) is 3.53. The van der Waals surface area contributed by atoms with Gasteiger partial charge in [-0.15, -0.1) is 24.0 Å². The minimum atomic E-state index is 0. The molecule has 0 aromatic heterocycles. The molecular weight excluding hydrogens is 457 g/mol. The molecule has 158 valence electrons. The van der Waals surface area contributed by atoms with E-state index < -0.39 is 0 Å². The van der Waals surface area contributed by atoms with Crippen molar-refractivity contribution in [3.8, 4) is 0 Å². The standard InChI is InChI=1S/C19H37N5O2.HI/c1-4-10-20-18(21-15-17(25)23(2)3)22-16-19(8-6-5-7-9-19)24-11-13-26-14-12-24;/h4-16H2,1-3H3,(H2,20,21,22);1H. The number of morpholine rings is 1. The summed E-state index contributed by atoms with van der Waals surface area (Å²) < 4.78 is 5.56. The van der Waals surface area contributed by atoms with Gasteiger partial charge in [0.2, 0.25) is 5.91 Å². The van der Waals surface area contributed by atoms with E-state index in [1.165, 1.54) is 32.1 Å². The number of rotatable bonds is 7. The second-order valence-corrected chi connectivity index (χ2v) is 7.62. The Hall–Kier alpha value is -0.610. The number of amides is 1. The SMILES string of the molecule is CCCNC(=NCC(=O)N(C)C)NCC1(N2CCOCC2)CCCCC1.I. The summed E-state index contributed by atoms with van der Waals surface area (Å²) >= 11 is 0. The number of carbonyl (C=O) groups is 1. The van der Waals surface area contributed by atoms with Gasteiger partial charge in [0.15, 0.2) is 5.96 Å². The number of halogens is 1. The molecular formula is C19H38IN5O2. The zero-order valence-electron chi connectivity index (χ0n) is 17.3. The van der Waals surface area contributed by atoms with Crippen LogP contribution in [0.1, 0.15) is 45.4 Å². The van der Waals surface area contributed by atoms with Crippen LogP contribution >= 0.6 is 24.0 Å². The van der Waals surface area contributed by atoms with E-state index in [2.05, 4.69) is 27.4 Å². The Morgan fingerprint density at radius 2 is 1.81 bits per heavy atom. The van der Waals surface area contributed by atoms with Gasteiger partial charge in [-0.25, -0.2) is 4.99 Å². The van der Waals surface area contributed by atoms with E-state index in [-0.39, 0.29) is 42.0 Å². The second kappa shape index (κ2) is 12.8. The minimum absolute atomic E-state index is 0. The van der Waals surface area contributed by atoms with Gasteiger partial charge in [-0.05, 0) is 19.3 Å².